The van der Waals surface area contributed by atoms with E-state index in [9.17, 15) is 9.59 Å². The number of anilines is 1. The summed E-state index contributed by atoms with van der Waals surface area (Å²) in [7, 11) is 1.52. The molecule has 0 saturated carbocycles. The van der Waals surface area contributed by atoms with E-state index in [1.807, 2.05) is 6.92 Å². The minimum Gasteiger partial charge on any atom is -0.494 e. The molecule has 1 N–H and O–H groups in total. The first-order valence-electron chi connectivity index (χ1n) is 10.6. The number of nitrogens with one attached hydrogen (secondary N) is 1. The van der Waals surface area contributed by atoms with Gasteiger partial charge in [0, 0.05) is 35.4 Å². The Bertz CT molecular complexity index is 1470. The predicted molar refractivity (Wildman–Crippen MR) is 134 cm³/mol. The fourth-order valence-electron chi connectivity index (χ4n) is 3.72. The zero-order chi connectivity index (χ0) is 25.4. The van der Waals surface area contributed by atoms with Gasteiger partial charge >= 0.3 is 0 Å². The number of halogens is 2. The van der Waals surface area contributed by atoms with Crippen LogP contribution in [-0.4, -0.2) is 48.7 Å². The van der Waals surface area contributed by atoms with Crippen molar-refractivity contribution in [1.82, 2.24) is 29.8 Å². The van der Waals surface area contributed by atoms with Gasteiger partial charge in [-0.25, -0.2) is 19.9 Å². The Morgan fingerprint density at radius 3 is 2.53 bits per heavy atom. The SMILES string of the molecule is COc1cnc(Cl)cc1-c1cc(C)ncc1C(=O)Nc1nc2c(s1)CN(C(=O)c1ncc(Cl)cn1)C2. The fraction of sp³-hybridized carbons (Fsp3) is 0.174. The lowest BCUT2D eigenvalue weighted by atomic mass is 10.0. The minimum atomic E-state index is -0.387. The third kappa shape index (κ3) is 4.72. The third-order valence-electron chi connectivity index (χ3n) is 5.40. The highest BCUT2D eigenvalue weighted by Crippen LogP contribution is 2.35. The van der Waals surface area contributed by atoms with Crippen molar-refractivity contribution in [2.75, 3.05) is 12.4 Å². The molecule has 36 heavy (non-hydrogen) atoms. The molecule has 0 saturated heterocycles. The zero-order valence-electron chi connectivity index (χ0n) is 19.0. The second kappa shape index (κ2) is 9.76. The van der Waals surface area contributed by atoms with Crippen LogP contribution in [0.5, 0.6) is 5.75 Å². The number of fused-ring (bicyclic) bond motifs is 1. The lowest BCUT2D eigenvalue weighted by Gasteiger charge is -2.14. The van der Waals surface area contributed by atoms with Crippen LogP contribution in [0.25, 0.3) is 11.1 Å². The average Bonchev–Trinajstić information content (AvgIpc) is 3.42. The van der Waals surface area contributed by atoms with Gasteiger partial charge in [-0.2, -0.15) is 0 Å². The number of carbonyl (C=O) groups is 2. The number of aryl methyl sites for hydroxylation is 1. The summed E-state index contributed by atoms with van der Waals surface area (Å²) in [6.45, 7) is 2.46. The quantitative estimate of drug-likeness (QED) is 0.368. The van der Waals surface area contributed by atoms with Crippen molar-refractivity contribution in [3.63, 3.8) is 0 Å². The van der Waals surface area contributed by atoms with Crippen LogP contribution in [0.2, 0.25) is 10.2 Å². The molecule has 0 radical (unpaired) electrons. The van der Waals surface area contributed by atoms with E-state index in [1.165, 1.54) is 43.2 Å². The molecule has 0 unspecified atom stereocenters. The third-order valence-corrected chi connectivity index (χ3v) is 6.80. The smallest absolute Gasteiger partial charge is 0.292 e. The monoisotopic (exact) mass is 541 g/mol. The van der Waals surface area contributed by atoms with E-state index in [0.29, 0.717) is 44.8 Å². The van der Waals surface area contributed by atoms with Crippen molar-refractivity contribution in [2.45, 2.75) is 20.0 Å². The highest BCUT2D eigenvalue weighted by Gasteiger charge is 2.30. The predicted octanol–water partition coefficient (Wildman–Crippen LogP) is 4.42. The maximum absolute atomic E-state index is 13.3. The zero-order valence-corrected chi connectivity index (χ0v) is 21.3. The molecule has 5 heterocycles. The average molecular weight is 542 g/mol. The van der Waals surface area contributed by atoms with Crippen molar-refractivity contribution in [3.05, 3.63) is 74.7 Å². The normalized spacial score (nSPS) is 12.4. The van der Waals surface area contributed by atoms with Crippen molar-refractivity contribution in [3.8, 4) is 16.9 Å². The molecule has 2 amide bonds. The van der Waals surface area contributed by atoms with Crippen LogP contribution >= 0.6 is 34.5 Å². The molecule has 0 fully saturated rings. The topological polar surface area (TPSA) is 123 Å². The van der Waals surface area contributed by atoms with Crippen LogP contribution < -0.4 is 10.1 Å². The van der Waals surface area contributed by atoms with E-state index in [2.05, 4.69) is 30.2 Å². The Kier molecular flexibility index (Phi) is 6.52. The summed E-state index contributed by atoms with van der Waals surface area (Å²) in [4.78, 5) is 49.2. The number of ether oxygens (including phenoxy) is 1. The van der Waals surface area contributed by atoms with Gasteiger partial charge in [-0.05, 0) is 19.1 Å². The highest BCUT2D eigenvalue weighted by molar-refractivity contribution is 7.16. The first-order chi connectivity index (χ1) is 17.3. The first-order valence-corrected chi connectivity index (χ1v) is 12.1. The Morgan fingerprint density at radius 2 is 1.81 bits per heavy atom. The molecule has 0 aromatic carbocycles. The maximum atomic E-state index is 13.3. The number of nitrogens with zero attached hydrogens (tertiary/aromatic N) is 6. The molecule has 1 aliphatic rings. The van der Waals surface area contributed by atoms with Crippen molar-refractivity contribution < 1.29 is 14.3 Å². The van der Waals surface area contributed by atoms with Gasteiger partial charge in [-0.1, -0.05) is 34.5 Å². The molecular weight excluding hydrogens is 525 g/mol. The molecule has 5 rings (SSSR count). The van der Waals surface area contributed by atoms with Crippen LogP contribution in [0.15, 0.2) is 36.9 Å². The van der Waals surface area contributed by atoms with Crippen LogP contribution in [0.3, 0.4) is 0 Å². The van der Waals surface area contributed by atoms with Gasteiger partial charge in [-0.3, -0.25) is 19.9 Å². The molecule has 10 nitrogen and oxygen atoms in total. The van der Waals surface area contributed by atoms with Gasteiger partial charge < -0.3 is 9.64 Å². The Morgan fingerprint density at radius 1 is 1.03 bits per heavy atom. The number of hydrogen-bond donors (Lipinski definition) is 1. The number of aromatic nitrogens is 5. The molecule has 4 aromatic heterocycles. The number of methoxy groups -OCH3 is 1. The maximum Gasteiger partial charge on any atom is 0.292 e. The Labute approximate surface area is 219 Å². The van der Waals surface area contributed by atoms with Crippen molar-refractivity contribution >= 4 is 51.5 Å². The van der Waals surface area contributed by atoms with Crippen molar-refractivity contribution in [1.29, 1.82) is 0 Å². The van der Waals surface area contributed by atoms with Gasteiger partial charge in [0.05, 0.1) is 47.6 Å². The van der Waals surface area contributed by atoms with Crippen LogP contribution in [0.1, 0.15) is 37.2 Å². The summed E-state index contributed by atoms with van der Waals surface area (Å²) < 4.78 is 5.42. The van der Waals surface area contributed by atoms with Gasteiger partial charge in [0.15, 0.2) is 5.13 Å². The molecule has 0 aliphatic carbocycles. The molecule has 182 valence electrons. The summed E-state index contributed by atoms with van der Waals surface area (Å²) in [6.07, 6.45) is 5.76. The molecule has 4 aromatic rings. The number of pyridine rings is 2. The highest BCUT2D eigenvalue weighted by atomic mass is 35.5. The number of thiazole rings is 1. The van der Waals surface area contributed by atoms with Crippen molar-refractivity contribution in [2.24, 2.45) is 0 Å². The number of amides is 2. The second-order valence-corrected chi connectivity index (χ2v) is 9.72. The standard InChI is InChI=1S/C23H17Cl2N7O3S/c1-11-3-13(14-4-19(25)27-8-17(14)35-2)15(7-26-11)21(33)31-23-30-16-9-32(10-18(16)36-23)22(34)20-28-5-12(24)6-29-20/h3-8H,9-10H2,1-2H3,(H,30,31,33). The van der Waals surface area contributed by atoms with Gasteiger partial charge in [-0.15, -0.1) is 0 Å². The summed E-state index contributed by atoms with van der Waals surface area (Å²) in [5, 5.41) is 3.89. The van der Waals surface area contributed by atoms with E-state index in [4.69, 9.17) is 27.9 Å². The summed E-state index contributed by atoms with van der Waals surface area (Å²) in [5.41, 5.74) is 2.98. The van der Waals surface area contributed by atoms with E-state index in [-0.39, 0.29) is 29.3 Å². The number of carbonyl (C=O) groups excluding carboxylic acids is 2. The largest absolute Gasteiger partial charge is 0.494 e. The van der Waals surface area contributed by atoms with Gasteiger partial charge in [0.25, 0.3) is 11.8 Å². The molecular formula is C23H17Cl2N7O3S. The van der Waals surface area contributed by atoms with Crippen LogP contribution in [0, 0.1) is 6.92 Å². The van der Waals surface area contributed by atoms with Crippen LogP contribution in [0.4, 0.5) is 5.13 Å². The molecule has 0 atom stereocenters. The van der Waals surface area contributed by atoms with E-state index < -0.39 is 0 Å². The Balaban J connectivity index is 1.35. The van der Waals surface area contributed by atoms with E-state index >= 15 is 0 Å². The molecule has 0 spiro atoms. The number of rotatable bonds is 5. The summed E-state index contributed by atoms with van der Waals surface area (Å²) >= 11 is 13.2. The lowest BCUT2D eigenvalue weighted by Crippen LogP contribution is -2.27. The second-order valence-electron chi connectivity index (χ2n) is 7.81. The number of hydrogen-bond acceptors (Lipinski definition) is 9. The molecule has 13 heteroatoms. The summed E-state index contributed by atoms with van der Waals surface area (Å²) in [6, 6.07) is 3.42. The first kappa shape index (κ1) is 24.0. The molecule has 0 bridgehead atoms. The summed E-state index contributed by atoms with van der Waals surface area (Å²) in [5.74, 6) is -0.166. The van der Waals surface area contributed by atoms with E-state index in [0.717, 1.165) is 10.6 Å². The molecule has 1 aliphatic heterocycles. The Hall–Kier alpha value is -3.67. The minimum absolute atomic E-state index is 0.0640. The van der Waals surface area contributed by atoms with E-state index in [1.54, 1.807) is 17.0 Å². The van der Waals surface area contributed by atoms with Crippen LogP contribution in [-0.2, 0) is 13.1 Å². The lowest BCUT2D eigenvalue weighted by molar-refractivity contribution is 0.0738. The van der Waals surface area contributed by atoms with Gasteiger partial charge in [0.1, 0.15) is 10.9 Å². The fourth-order valence-corrected chi connectivity index (χ4v) is 4.96. The van der Waals surface area contributed by atoms with Gasteiger partial charge in [0.2, 0.25) is 5.82 Å².